The number of halogens is 3. The maximum absolute atomic E-state index is 13.3. The molecule has 0 radical (unpaired) electrons. The molecule has 0 fully saturated rings. The Bertz CT molecular complexity index is 325. The maximum atomic E-state index is 13.3. The molecule has 0 saturated heterocycles. The average molecular weight is 233 g/mol. The van der Waals surface area contributed by atoms with Gasteiger partial charge in [0.05, 0.1) is 5.38 Å². The van der Waals surface area contributed by atoms with E-state index < -0.39 is 11.6 Å². The Hall–Kier alpha value is -0.630. The minimum Gasteiger partial charge on any atom is -0.207 e. The predicted molar refractivity (Wildman–Crippen MR) is 59.0 cm³/mol. The van der Waals surface area contributed by atoms with E-state index in [2.05, 4.69) is 13.8 Å². The highest BCUT2D eigenvalue weighted by molar-refractivity contribution is 6.20. The van der Waals surface area contributed by atoms with Gasteiger partial charge < -0.3 is 0 Å². The predicted octanol–water partition coefficient (Wildman–Crippen LogP) is 4.68. The first-order valence-electron chi connectivity index (χ1n) is 5.13. The summed E-state index contributed by atoms with van der Waals surface area (Å²) in [6.07, 6.45) is 1.71. The first-order valence-corrected chi connectivity index (χ1v) is 5.57. The van der Waals surface area contributed by atoms with Gasteiger partial charge in [0.2, 0.25) is 0 Å². The first kappa shape index (κ1) is 12.4. The third-order valence-corrected chi connectivity index (χ3v) is 3.02. The van der Waals surface area contributed by atoms with E-state index in [0.717, 1.165) is 12.5 Å². The van der Waals surface area contributed by atoms with Crippen molar-refractivity contribution < 1.29 is 8.78 Å². The number of hydrogen-bond acceptors (Lipinski definition) is 0. The fourth-order valence-corrected chi connectivity index (χ4v) is 1.88. The molecule has 0 aliphatic heterocycles. The molecule has 0 aliphatic rings. The highest BCUT2D eigenvalue weighted by Gasteiger charge is 2.15. The van der Waals surface area contributed by atoms with Crippen LogP contribution in [0.15, 0.2) is 18.2 Å². The number of rotatable bonds is 4. The molecule has 3 heteroatoms. The molecule has 1 aromatic carbocycles. The molecule has 0 aliphatic carbocycles. The summed E-state index contributed by atoms with van der Waals surface area (Å²) >= 11 is 6.08. The molecule has 0 bridgehead atoms. The maximum Gasteiger partial charge on any atom is 0.130 e. The second kappa shape index (κ2) is 5.45. The van der Waals surface area contributed by atoms with Crippen molar-refractivity contribution in [3.8, 4) is 0 Å². The molecule has 1 aromatic rings. The topological polar surface area (TPSA) is 0 Å². The molecule has 0 aromatic heterocycles. The molecule has 15 heavy (non-hydrogen) atoms. The van der Waals surface area contributed by atoms with Gasteiger partial charge in [-0.05, 0) is 18.4 Å². The monoisotopic (exact) mass is 232 g/mol. The van der Waals surface area contributed by atoms with Gasteiger partial charge in [0.1, 0.15) is 11.6 Å². The van der Waals surface area contributed by atoms with E-state index in [0.29, 0.717) is 17.9 Å². The van der Waals surface area contributed by atoms with Crippen LogP contribution in [0, 0.1) is 17.6 Å². The average Bonchev–Trinajstić information content (AvgIpc) is 2.17. The molecule has 2 atom stereocenters. The summed E-state index contributed by atoms with van der Waals surface area (Å²) in [4.78, 5) is 0. The Morgan fingerprint density at radius 3 is 2.53 bits per heavy atom. The number of alkyl halides is 1. The third kappa shape index (κ3) is 3.45. The number of hydrogen-bond donors (Lipinski definition) is 0. The van der Waals surface area contributed by atoms with Crippen LogP contribution in [-0.4, -0.2) is 0 Å². The summed E-state index contributed by atoms with van der Waals surface area (Å²) in [7, 11) is 0. The second-order valence-corrected chi connectivity index (χ2v) is 4.41. The van der Waals surface area contributed by atoms with Crippen LogP contribution in [0.25, 0.3) is 0 Å². The Morgan fingerprint density at radius 1 is 1.33 bits per heavy atom. The van der Waals surface area contributed by atoms with Crippen LogP contribution >= 0.6 is 11.6 Å². The minimum absolute atomic E-state index is 0.374. The van der Waals surface area contributed by atoms with E-state index >= 15 is 0 Å². The van der Waals surface area contributed by atoms with Crippen molar-refractivity contribution in [2.75, 3.05) is 0 Å². The van der Waals surface area contributed by atoms with Gasteiger partial charge in [-0.2, -0.15) is 0 Å². The van der Waals surface area contributed by atoms with E-state index in [9.17, 15) is 8.78 Å². The first-order chi connectivity index (χ1) is 7.04. The Labute approximate surface area is 94.3 Å². The molecule has 0 amide bonds. The zero-order valence-corrected chi connectivity index (χ0v) is 9.69. The van der Waals surface area contributed by atoms with Gasteiger partial charge in [0, 0.05) is 11.6 Å². The Balaban J connectivity index is 2.77. The van der Waals surface area contributed by atoms with Crippen LogP contribution < -0.4 is 0 Å². The number of benzene rings is 1. The molecular weight excluding hydrogens is 218 g/mol. The zero-order chi connectivity index (χ0) is 11.4. The summed E-state index contributed by atoms with van der Waals surface area (Å²) < 4.78 is 26.0. The van der Waals surface area contributed by atoms with Crippen molar-refractivity contribution in [2.24, 2.45) is 5.92 Å². The highest BCUT2D eigenvalue weighted by atomic mass is 35.5. The van der Waals surface area contributed by atoms with E-state index in [1.54, 1.807) is 0 Å². The van der Waals surface area contributed by atoms with Crippen molar-refractivity contribution in [3.05, 3.63) is 35.4 Å². The van der Waals surface area contributed by atoms with E-state index in [1.807, 2.05) is 0 Å². The van der Waals surface area contributed by atoms with Gasteiger partial charge in [0.25, 0.3) is 0 Å². The quantitative estimate of drug-likeness (QED) is 0.661. The van der Waals surface area contributed by atoms with Crippen molar-refractivity contribution in [1.29, 1.82) is 0 Å². The SMILES string of the molecule is CCC(C)CC(Cl)c1ccc(F)cc1F. The molecule has 0 heterocycles. The normalized spacial score (nSPS) is 15.0. The lowest BCUT2D eigenvalue weighted by Crippen LogP contribution is -2.01. The Kier molecular flexibility index (Phi) is 4.52. The zero-order valence-electron chi connectivity index (χ0n) is 8.93. The summed E-state index contributed by atoms with van der Waals surface area (Å²) in [6, 6.07) is 3.54. The molecule has 1 rings (SSSR count). The molecule has 0 saturated carbocycles. The van der Waals surface area contributed by atoms with Crippen LogP contribution in [0.2, 0.25) is 0 Å². The summed E-state index contributed by atoms with van der Waals surface area (Å²) in [6.45, 7) is 4.13. The van der Waals surface area contributed by atoms with Crippen LogP contribution in [0.3, 0.4) is 0 Å². The molecule has 0 N–H and O–H groups in total. The van der Waals surface area contributed by atoms with E-state index in [4.69, 9.17) is 11.6 Å². The summed E-state index contributed by atoms with van der Waals surface area (Å²) in [5.74, 6) is -0.682. The van der Waals surface area contributed by atoms with Gasteiger partial charge in [0.15, 0.2) is 0 Å². The molecule has 0 nitrogen and oxygen atoms in total. The van der Waals surface area contributed by atoms with Crippen LogP contribution in [0.4, 0.5) is 8.78 Å². The smallest absolute Gasteiger partial charge is 0.130 e. The standard InChI is InChI=1S/C12H15ClF2/c1-3-8(2)6-11(13)10-5-4-9(14)7-12(10)15/h4-5,7-8,11H,3,6H2,1-2H3. The minimum atomic E-state index is -0.566. The fraction of sp³-hybridized carbons (Fsp3) is 0.500. The van der Waals surface area contributed by atoms with Gasteiger partial charge in [-0.15, -0.1) is 11.6 Å². The van der Waals surface area contributed by atoms with Crippen LogP contribution in [-0.2, 0) is 0 Å². The van der Waals surface area contributed by atoms with E-state index in [-0.39, 0.29) is 5.38 Å². The van der Waals surface area contributed by atoms with Crippen molar-refractivity contribution in [3.63, 3.8) is 0 Å². The second-order valence-electron chi connectivity index (χ2n) is 3.88. The molecular formula is C12H15ClF2. The molecule has 2 unspecified atom stereocenters. The van der Waals surface area contributed by atoms with Crippen molar-refractivity contribution >= 4 is 11.6 Å². The lowest BCUT2D eigenvalue weighted by Gasteiger charge is -2.14. The van der Waals surface area contributed by atoms with E-state index in [1.165, 1.54) is 12.1 Å². The van der Waals surface area contributed by atoms with Crippen molar-refractivity contribution in [2.45, 2.75) is 32.1 Å². The third-order valence-electron chi connectivity index (χ3n) is 2.61. The van der Waals surface area contributed by atoms with Crippen LogP contribution in [0.5, 0.6) is 0 Å². The van der Waals surface area contributed by atoms with Crippen LogP contribution in [0.1, 0.15) is 37.6 Å². The van der Waals surface area contributed by atoms with Gasteiger partial charge in [-0.3, -0.25) is 0 Å². The highest BCUT2D eigenvalue weighted by Crippen LogP contribution is 2.30. The largest absolute Gasteiger partial charge is 0.207 e. The molecule has 0 spiro atoms. The van der Waals surface area contributed by atoms with Gasteiger partial charge in [-0.25, -0.2) is 8.78 Å². The summed E-state index contributed by atoms with van der Waals surface area (Å²) in [5.41, 5.74) is 0.387. The lowest BCUT2D eigenvalue weighted by molar-refractivity contribution is 0.495. The van der Waals surface area contributed by atoms with Gasteiger partial charge in [-0.1, -0.05) is 26.3 Å². The Morgan fingerprint density at radius 2 is 2.00 bits per heavy atom. The summed E-state index contributed by atoms with van der Waals surface area (Å²) in [5, 5.41) is -0.374. The lowest BCUT2D eigenvalue weighted by atomic mass is 9.98. The van der Waals surface area contributed by atoms with Crippen molar-refractivity contribution in [1.82, 2.24) is 0 Å². The molecule has 84 valence electrons. The fourth-order valence-electron chi connectivity index (χ4n) is 1.40. The van der Waals surface area contributed by atoms with Gasteiger partial charge >= 0.3 is 0 Å².